The molecule has 1 saturated carbocycles. The van der Waals surface area contributed by atoms with E-state index < -0.39 is 11.9 Å². The summed E-state index contributed by atoms with van der Waals surface area (Å²) < 4.78 is 13.5. The summed E-state index contributed by atoms with van der Waals surface area (Å²) >= 11 is 0. The minimum absolute atomic E-state index is 0.258. The summed E-state index contributed by atoms with van der Waals surface area (Å²) in [5.74, 6) is 0.558. The number of rotatable bonds is 7. The van der Waals surface area contributed by atoms with Gasteiger partial charge in [-0.3, -0.25) is 9.98 Å². The Morgan fingerprint density at radius 1 is 1.40 bits per heavy atom. The van der Waals surface area contributed by atoms with Crippen molar-refractivity contribution >= 4 is 18.4 Å². The molecule has 1 aliphatic carbocycles. The molecule has 1 fully saturated rings. The lowest BCUT2D eigenvalue weighted by atomic mass is 10.0. The van der Waals surface area contributed by atoms with Crippen LogP contribution in [0.4, 0.5) is 4.39 Å². The number of hydrogen-bond donors (Lipinski definition) is 3. The summed E-state index contributed by atoms with van der Waals surface area (Å²) in [5, 5.41) is 9.89. The molecule has 0 heterocycles. The lowest BCUT2D eigenvalue weighted by Gasteiger charge is -2.12. The van der Waals surface area contributed by atoms with Crippen LogP contribution in [0.25, 0.3) is 0 Å². The van der Waals surface area contributed by atoms with Crippen LogP contribution >= 0.6 is 0 Å². The Labute approximate surface area is 146 Å². The summed E-state index contributed by atoms with van der Waals surface area (Å²) in [7, 11) is 0. The molecule has 0 saturated heterocycles. The second-order valence-corrected chi connectivity index (χ2v) is 6.00. The van der Waals surface area contributed by atoms with Gasteiger partial charge in [-0.2, -0.15) is 0 Å². The fourth-order valence-electron chi connectivity index (χ4n) is 2.27. The van der Waals surface area contributed by atoms with E-state index in [1.165, 1.54) is 37.2 Å². The molecule has 1 aromatic carbocycles. The number of aliphatic imine (C=N–C) groups is 3. The van der Waals surface area contributed by atoms with Gasteiger partial charge in [0.25, 0.3) is 0 Å². The Balaban J connectivity index is 2.21. The summed E-state index contributed by atoms with van der Waals surface area (Å²) in [6, 6.07) is 4.08. The molecule has 1 atom stereocenters. The van der Waals surface area contributed by atoms with Gasteiger partial charge in [-0.05, 0) is 49.4 Å². The highest BCUT2D eigenvalue weighted by Crippen LogP contribution is 2.28. The van der Waals surface area contributed by atoms with Crippen molar-refractivity contribution in [3.05, 3.63) is 46.9 Å². The second kappa shape index (κ2) is 9.08. The summed E-state index contributed by atoms with van der Waals surface area (Å²) in [4.78, 5) is 12.8. The molecular weight excluding hydrogens is 321 g/mol. The van der Waals surface area contributed by atoms with E-state index in [2.05, 4.69) is 15.0 Å². The third-order valence-corrected chi connectivity index (χ3v) is 3.84. The molecule has 0 bridgehead atoms. The van der Waals surface area contributed by atoms with Crippen molar-refractivity contribution < 1.29 is 9.50 Å². The highest BCUT2D eigenvalue weighted by Gasteiger charge is 2.19. The molecule has 2 rings (SSSR count). The van der Waals surface area contributed by atoms with E-state index in [1.807, 2.05) is 0 Å². The molecule has 1 aromatic rings. The van der Waals surface area contributed by atoms with Crippen LogP contribution in [0.3, 0.4) is 0 Å². The van der Waals surface area contributed by atoms with Gasteiger partial charge in [0, 0.05) is 30.1 Å². The number of halogens is 1. The smallest absolute Gasteiger partial charge is 0.156 e. The van der Waals surface area contributed by atoms with Crippen molar-refractivity contribution in [1.29, 1.82) is 0 Å². The van der Waals surface area contributed by atoms with Crippen molar-refractivity contribution in [2.75, 3.05) is 13.1 Å². The first-order chi connectivity index (χ1) is 12.0. The predicted octanol–water partition coefficient (Wildman–Crippen LogP) is 1.94. The number of aliphatic hydroxyl groups is 1. The lowest BCUT2D eigenvalue weighted by molar-refractivity contribution is 0.198. The van der Waals surface area contributed by atoms with Crippen molar-refractivity contribution in [3.63, 3.8) is 0 Å². The summed E-state index contributed by atoms with van der Waals surface area (Å²) in [6.07, 6.45) is 5.88. The van der Waals surface area contributed by atoms with Gasteiger partial charge in [-0.1, -0.05) is 0 Å². The van der Waals surface area contributed by atoms with Crippen LogP contribution in [-0.4, -0.2) is 36.6 Å². The average Bonchev–Trinajstić information content (AvgIpc) is 3.41. The molecular formula is C18H24FN5O. The fourth-order valence-corrected chi connectivity index (χ4v) is 2.27. The Bertz CT molecular complexity index is 705. The van der Waals surface area contributed by atoms with Gasteiger partial charge in [0.2, 0.25) is 0 Å². The van der Waals surface area contributed by atoms with E-state index in [0.717, 1.165) is 18.5 Å². The molecule has 6 nitrogen and oxygen atoms in total. The number of benzene rings is 1. The van der Waals surface area contributed by atoms with E-state index in [9.17, 15) is 9.50 Å². The molecule has 0 aromatic heterocycles. The van der Waals surface area contributed by atoms with Crippen LogP contribution in [0.1, 0.15) is 37.0 Å². The first kappa shape index (κ1) is 18.8. The van der Waals surface area contributed by atoms with Crippen molar-refractivity contribution in [3.8, 4) is 0 Å². The molecule has 0 amide bonds. The molecule has 134 valence electrons. The number of hydrogen-bond acceptors (Lipinski definition) is 4. The van der Waals surface area contributed by atoms with Gasteiger partial charge in [0.1, 0.15) is 5.82 Å². The molecule has 0 radical (unpaired) electrons. The molecule has 7 heteroatoms. The number of amidine groups is 1. The summed E-state index contributed by atoms with van der Waals surface area (Å²) in [5.41, 5.74) is 12.7. The minimum atomic E-state index is -0.867. The van der Waals surface area contributed by atoms with Gasteiger partial charge in [-0.25, -0.2) is 9.38 Å². The van der Waals surface area contributed by atoms with Crippen molar-refractivity contribution in [2.24, 2.45) is 32.4 Å². The zero-order valence-corrected chi connectivity index (χ0v) is 14.3. The largest absolute Gasteiger partial charge is 0.404 e. The van der Waals surface area contributed by atoms with E-state index in [0.29, 0.717) is 22.9 Å². The standard InChI is InChI=1S/C18H24FN5O/c1-12(25)17-6-15(19)4-5-16(17)18(24-11-21)23-10-14(7-20)9-22-8-13-2-3-13/h4-7,9,11-13,25H,2-3,8,10,20H2,1H3,(H2,21,23,24)/t12-/m1/s1. The van der Waals surface area contributed by atoms with Crippen LogP contribution in [-0.2, 0) is 0 Å². The van der Waals surface area contributed by atoms with Gasteiger partial charge in [0.15, 0.2) is 5.84 Å². The van der Waals surface area contributed by atoms with Gasteiger partial charge in [-0.15, -0.1) is 0 Å². The molecule has 0 aliphatic heterocycles. The Morgan fingerprint density at radius 3 is 2.76 bits per heavy atom. The molecule has 25 heavy (non-hydrogen) atoms. The maximum Gasteiger partial charge on any atom is 0.156 e. The van der Waals surface area contributed by atoms with E-state index in [1.54, 1.807) is 13.1 Å². The summed E-state index contributed by atoms with van der Waals surface area (Å²) in [6.45, 7) is 2.62. The van der Waals surface area contributed by atoms with E-state index in [-0.39, 0.29) is 6.54 Å². The van der Waals surface area contributed by atoms with Gasteiger partial charge >= 0.3 is 0 Å². The first-order valence-corrected chi connectivity index (χ1v) is 8.22. The topological polar surface area (TPSA) is 109 Å². The molecule has 1 aliphatic rings. The van der Waals surface area contributed by atoms with Crippen LogP contribution in [0.15, 0.2) is 44.9 Å². The fraction of sp³-hybridized carbons (Fsp3) is 0.389. The lowest BCUT2D eigenvalue weighted by Crippen LogP contribution is -2.09. The number of nitrogens with two attached hydrogens (primary N) is 2. The highest BCUT2D eigenvalue weighted by molar-refractivity contribution is 6.04. The predicted molar refractivity (Wildman–Crippen MR) is 99.5 cm³/mol. The van der Waals surface area contributed by atoms with E-state index in [4.69, 9.17) is 11.5 Å². The maximum absolute atomic E-state index is 13.5. The third-order valence-electron chi connectivity index (χ3n) is 3.84. The van der Waals surface area contributed by atoms with Crippen molar-refractivity contribution in [1.82, 2.24) is 0 Å². The SMILES string of the molecule is C[C@@H](O)c1cc(F)ccc1C(N=CN)=NCC(C=NCC1CC1)=CN. The quantitative estimate of drug-likeness (QED) is 0.519. The van der Waals surface area contributed by atoms with Crippen LogP contribution in [0.5, 0.6) is 0 Å². The molecule has 0 spiro atoms. The minimum Gasteiger partial charge on any atom is -0.404 e. The number of nitrogens with zero attached hydrogens (tertiary/aromatic N) is 3. The first-order valence-electron chi connectivity index (χ1n) is 8.22. The normalized spacial score (nSPS) is 17.6. The average molecular weight is 345 g/mol. The third kappa shape index (κ3) is 5.79. The van der Waals surface area contributed by atoms with E-state index >= 15 is 0 Å². The van der Waals surface area contributed by atoms with Crippen LogP contribution in [0, 0.1) is 11.7 Å². The van der Waals surface area contributed by atoms with Gasteiger partial charge < -0.3 is 16.6 Å². The Kier molecular flexibility index (Phi) is 6.82. The van der Waals surface area contributed by atoms with Crippen molar-refractivity contribution in [2.45, 2.75) is 25.9 Å². The van der Waals surface area contributed by atoms with Crippen LogP contribution in [0.2, 0.25) is 0 Å². The highest BCUT2D eigenvalue weighted by atomic mass is 19.1. The maximum atomic E-state index is 13.5. The van der Waals surface area contributed by atoms with Gasteiger partial charge in [0.05, 0.1) is 19.0 Å². The monoisotopic (exact) mass is 345 g/mol. The Morgan fingerprint density at radius 2 is 2.16 bits per heavy atom. The zero-order chi connectivity index (χ0) is 18.2. The Hall–Kier alpha value is -2.54. The number of aliphatic hydroxyl groups excluding tert-OH is 1. The second-order valence-electron chi connectivity index (χ2n) is 6.00. The molecule has 0 unspecified atom stereocenters. The molecule has 5 N–H and O–H groups in total. The van der Waals surface area contributed by atoms with Crippen LogP contribution < -0.4 is 11.5 Å². The zero-order valence-electron chi connectivity index (χ0n) is 14.3.